The molecule has 4 nitrogen and oxygen atoms in total. The van der Waals surface area contributed by atoms with Gasteiger partial charge in [-0.25, -0.2) is 4.98 Å². The predicted octanol–water partition coefficient (Wildman–Crippen LogP) is 2.99. The second kappa shape index (κ2) is 4.91. The number of phenolic OH excluding ortho intramolecular Hbond substituents is 1. The van der Waals surface area contributed by atoms with Crippen LogP contribution in [0.2, 0.25) is 0 Å². The molecular formula is C17H13NO3S. The molecule has 0 saturated carbocycles. The van der Waals surface area contributed by atoms with Crippen LogP contribution in [0, 0.1) is 0 Å². The van der Waals surface area contributed by atoms with Gasteiger partial charge in [0, 0.05) is 11.1 Å². The van der Waals surface area contributed by atoms with E-state index in [0.29, 0.717) is 21.7 Å². The molecule has 4 rings (SSSR count). The van der Waals surface area contributed by atoms with Crippen molar-refractivity contribution in [2.45, 2.75) is 12.2 Å². The Morgan fingerprint density at radius 3 is 2.45 bits per heavy atom. The Morgan fingerprint density at radius 2 is 1.68 bits per heavy atom. The number of aromatic nitrogens is 1. The summed E-state index contributed by atoms with van der Waals surface area (Å²) in [5.41, 5.74) is 2.28. The van der Waals surface area contributed by atoms with E-state index in [4.69, 9.17) is 0 Å². The van der Waals surface area contributed by atoms with Crippen LogP contribution in [-0.2, 0) is 0 Å². The Kier molecular flexibility index (Phi) is 3.00. The molecule has 1 aromatic heterocycles. The van der Waals surface area contributed by atoms with Gasteiger partial charge < -0.3 is 15.3 Å². The fourth-order valence-corrected chi connectivity index (χ4v) is 3.92. The van der Waals surface area contributed by atoms with E-state index in [1.807, 2.05) is 30.3 Å². The first kappa shape index (κ1) is 13.5. The SMILES string of the molecule is Oc1cccc2c1C(O)c1sc(-c3ccccc3)nc1C2O. The number of hydrogen-bond donors (Lipinski definition) is 3. The van der Waals surface area contributed by atoms with Crippen LogP contribution in [-0.4, -0.2) is 20.3 Å². The Balaban J connectivity index is 1.89. The van der Waals surface area contributed by atoms with Crippen molar-refractivity contribution in [3.63, 3.8) is 0 Å². The van der Waals surface area contributed by atoms with Crippen LogP contribution >= 0.6 is 11.3 Å². The van der Waals surface area contributed by atoms with Gasteiger partial charge in [0.25, 0.3) is 0 Å². The summed E-state index contributed by atoms with van der Waals surface area (Å²) in [6, 6.07) is 14.5. The summed E-state index contributed by atoms with van der Waals surface area (Å²) >= 11 is 1.34. The van der Waals surface area contributed by atoms with Crippen LogP contribution in [0.4, 0.5) is 0 Å². The highest BCUT2D eigenvalue weighted by Gasteiger charge is 2.35. The fourth-order valence-electron chi connectivity index (χ4n) is 2.82. The first-order valence-corrected chi connectivity index (χ1v) is 7.72. The molecule has 0 amide bonds. The van der Waals surface area contributed by atoms with Crippen molar-refractivity contribution >= 4 is 11.3 Å². The van der Waals surface area contributed by atoms with Gasteiger partial charge in [-0.1, -0.05) is 42.5 Å². The Labute approximate surface area is 131 Å². The van der Waals surface area contributed by atoms with Gasteiger partial charge in [-0.15, -0.1) is 11.3 Å². The fraction of sp³-hybridized carbons (Fsp3) is 0.118. The third kappa shape index (κ3) is 1.87. The van der Waals surface area contributed by atoms with Crippen LogP contribution in [0.1, 0.15) is 33.9 Å². The smallest absolute Gasteiger partial charge is 0.124 e. The number of aliphatic hydroxyl groups is 2. The first-order chi connectivity index (χ1) is 10.7. The van der Waals surface area contributed by atoms with E-state index in [1.165, 1.54) is 17.4 Å². The average molecular weight is 311 g/mol. The molecule has 5 heteroatoms. The zero-order valence-electron chi connectivity index (χ0n) is 11.5. The molecule has 2 unspecified atom stereocenters. The maximum Gasteiger partial charge on any atom is 0.124 e. The number of hydrogen-bond acceptors (Lipinski definition) is 5. The second-order valence-corrected chi connectivity index (χ2v) is 6.25. The number of benzene rings is 2. The standard InChI is InChI=1S/C17H13NO3S/c19-11-8-4-7-10-12(11)15(21)16-13(14(10)20)18-17(22-16)9-5-2-1-3-6-9/h1-8,14-15,19-21H. The lowest BCUT2D eigenvalue weighted by Gasteiger charge is -2.25. The molecule has 0 saturated heterocycles. The quantitative estimate of drug-likeness (QED) is 0.646. The lowest BCUT2D eigenvalue weighted by Crippen LogP contribution is -2.16. The van der Waals surface area contributed by atoms with E-state index in [1.54, 1.807) is 12.1 Å². The molecule has 0 fully saturated rings. The molecule has 0 radical (unpaired) electrons. The summed E-state index contributed by atoms with van der Waals surface area (Å²) in [5.74, 6) is -0.00985. The highest BCUT2D eigenvalue weighted by molar-refractivity contribution is 7.15. The summed E-state index contributed by atoms with van der Waals surface area (Å²) in [6.07, 6.45) is -1.90. The molecule has 3 aromatic rings. The van der Waals surface area contributed by atoms with Crippen molar-refractivity contribution in [2.24, 2.45) is 0 Å². The molecule has 1 aliphatic rings. The van der Waals surface area contributed by atoms with Crippen LogP contribution < -0.4 is 0 Å². The van der Waals surface area contributed by atoms with E-state index in [0.717, 1.165) is 10.6 Å². The van der Waals surface area contributed by atoms with Crippen molar-refractivity contribution in [2.75, 3.05) is 0 Å². The van der Waals surface area contributed by atoms with E-state index >= 15 is 0 Å². The average Bonchev–Trinajstić information content (AvgIpc) is 2.99. The molecule has 0 aliphatic heterocycles. The van der Waals surface area contributed by atoms with Crippen LogP contribution in [0.15, 0.2) is 48.5 Å². The van der Waals surface area contributed by atoms with E-state index in [9.17, 15) is 15.3 Å². The summed E-state index contributed by atoms with van der Waals surface area (Å²) in [4.78, 5) is 5.09. The van der Waals surface area contributed by atoms with E-state index in [2.05, 4.69) is 4.98 Å². The van der Waals surface area contributed by atoms with Gasteiger partial charge in [-0.2, -0.15) is 0 Å². The molecule has 110 valence electrons. The minimum atomic E-state index is -0.968. The molecular weight excluding hydrogens is 298 g/mol. The van der Waals surface area contributed by atoms with Crippen molar-refractivity contribution in [3.05, 3.63) is 70.2 Å². The summed E-state index contributed by atoms with van der Waals surface area (Å²) in [5, 5.41) is 31.9. The van der Waals surface area contributed by atoms with Crippen molar-refractivity contribution in [1.82, 2.24) is 4.98 Å². The van der Waals surface area contributed by atoms with Crippen LogP contribution in [0.25, 0.3) is 10.6 Å². The van der Waals surface area contributed by atoms with Crippen LogP contribution in [0.3, 0.4) is 0 Å². The predicted molar refractivity (Wildman–Crippen MR) is 83.8 cm³/mol. The first-order valence-electron chi connectivity index (χ1n) is 6.90. The Morgan fingerprint density at radius 1 is 0.909 bits per heavy atom. The van der Waals surface area contributed by atoms with Gasteiger partial charge >= 0.3 is 0 Å². The number of thiazole rings is 1. The normalized spacial score (nSPS) is 19.5. The number of aliphatic hydroxyl groups excluding tert-OH is 2. The summed E-state index contributed by atoms with van der Waals surface area (Å²) in [6.45, 7) is 0. The Bertz CT molecular complexity index is 844. The minimum Gasteiger partial charge on any atom is -0.508 e. The zero-order chi connectivity index (χ0) is 15.3. The van der Waals surface area contributed by atoms with Gasteiger partial charge in [-0.3, -0.25) is 0 Å². The molecule has 2 atom stereocenters. The monoisotopic (exact) mass is 311 g/mol. The minimum absolute atomic E-state index is 0.00985. The zero-order valence-corrected chi connectivity index (χ0v) is 12.3. The van der Waals surface area contributed by atoms with Crippen molar-refractivity contribution < 1.29 is 15.3 Å². The highest BCUT2D eigenvalue weighted by Crippen LogP contribution is 2.47. The van der Waals surface area contributed by atoms with Gasteiger partial charge in [0.05, 0.1) is 10.6 Å². The number of fused-ring (bicyclic) bond motifs is 2. The maximum atomic E-state index is 10.6. The van der Waals surface area contributed by atoms with Crippen molar-refractivity contribution in [3.8, 4) is 16.3 Å². The number of rotatable bonds is 1. The topological polar surface area (TPSA) is 73.6 Å². The molecule has 3 N–H and O–H groups in total. The highest BCUT2D eigenvalue weighted by atomic mass is 32.1. The molecule has 22 heavy (non-hydrogen) atoms. The molecule has 1 heterocycles. The molecule has 2 aromatic carbocycles. The lowest BCUT2D eigenvalue weighted by atomic mass is 9.88. The van der Waals surface area contributed by atoms with Gasteiger partial charge in [-0.05, 0) is 11.6 Å². The van der Waals surface area contributed by atoms with Gasteiger partial charge in [0.2, 0.25) is 0 Å². The molecule has 0 bridgehead atoms. The number of nitrogens with zero attached hydrogens (tertiary/aromatic N) is 1. The summed E-state index contributed by atoms with van der Waals surface area (Å²) < 4.78 is 0. The Hall–Kier alpha value is -2.21. The largest absolute Gasteiger partial charge is 0.508 e. The maximum absolute atomic E-state index is 10.6. The third-order valence-electron chi connectivity index (χ3n) is 3.89. The van der Waals surface area contributed by atoms with Crippen LogP contribution in [0.5, 0.6) is 5.75 Å². The third-order valence-corrected chi connectivity index (χ3v) is 5.07. The van der Waals surface area contributed by atoms with Gasteiger partial charge in [0.1, 0.15) is 23.0 Å². The molecule has 0 spiro atoms. The molecule has 1 aliphatic carbocycles. The van der Waals surface area contributed by atoms with Crippen molar-refractivity contribution in [1.29, 1.82) is 0 Å². The summed E-state index contributed by atoms with van der Waals surface area (Å²) in [7, 11) is 0. The van der Waals surface area contributed by atoms with E-state index < -0.39 is 12.2 Å². The number of phenols is 1. The van der Waals surface area contributed by atoms with Gasteiger partial charge in [0.15, 0.2) is 0 Å². The number of aromatic hydroxyl groups is 1. The lowest BCUT2D eigenvalue weighted by molar-refractivity contribution is 0.170. The van der Waals surface area contributed by atoms with E-state index in [-0.39, 0.29) is 5.75 Å². The second-order valence-electron chi connectivity index (χ2n) is 5.22.